The molecule has 0 spiro atoms. The number of aromatic nitrogens is 2. The van der Waals surface area contributed by atoms with Gasteiger partial charge in [0.15, 0.2) is 11.7 Å². The van der Waals surface area contributed by atoms with Gasteiger partial charge in [-0.05, 0) is 36.4 Å². The van der Waals surface area contributed by atoms with Crippen LogP contribution in [0.1, 0.15) is 11.4 Å². The predicted molar refractivity (Wildman–Crippen MR) is 106 cm³/mol. The molecule has 8 nitrogen and oxygen atoms in total. The minimum atomic E-state index is 0.235. The summed E-state index contributed by atoms with van der Waals surface area (Å²) >= 11 is 1.64. The molecule has 27 heavy (non-hydrogen) atoms. The van der Waals surface area contributed by atoms with Crippen molar-refractivity contribution in [2.45, 2.75) is 0 Å². The highest BCUT2D eigenvalue weighted by Crippen LogP contribution is 2.33. The van der Waals surface area contributed by atoms with Crippen LogP contribution in [-0.2, 0) is 9.68 Å². The second kappa shape index (κ2) is 8.28. The quantitative estimate of drug-likeness (QED) is 0.384. The molecule has 3 aromatic rings. The van der Waals surface area contributed by atoms with E-state index in [0.717, 1.165) is 20.9 Å². The van der Waals surface area contributed by atoms with Crippen molar-refractivity contribution in [2.75, 3.05) is 14.2 Å². The molecule has 0 aliphatic rings. The largest absolute Gasteiger partial charge is 0.397 e. The number of pyridine rings is 2. The van der Waals surface area contributed by atoms with Crippen LogP contribution in [0.2, 0.25) is 0 Å². The lowest BCUT2D eigenvalue weighted by atomic mass is 10.2. The summed E-state index contributed by atoms with van der Waals surface area (Å²) in [7, 11) is 2.88. The molecule has 0 aliphatic heterocycles. The van der Waals surface area contributed by atoms with Gasteiger partial charge in [0.2, 0.25) is 0 Å². The minimum Gasteiger partial charge on any atom is -0.397 e. The van der Waals surface area contributed by atoms with E-state index in [1.54, 1.807) is 35.9 Å². The Labute approximate surface area is 160 Å². The van der Waals surface area contributed by atoms with E-state index in [2.05, 4.69) is 30.0 Å². The first-order valence-electron chi connectivity index (χ1n) is 7.89. The van der Waals surface area contributed by atoms with Gasteiger partial charge in [0.25, 0.3) is 0 Å². The van der Waals surface area contributed by atoms with E-state index in [9.17, 15) is 0 Å². The number of amidine groups is 2. The Kier molecular flexibility index (Phi) is 5.62. The zero-order valence-electron chi connectivity index (χ0n) is 14.8. The van der Waals surface area contributed by atoms with Crippen molar-refractivity contribution >= 4 is 23.0 Å². The first-order chi connectivity index (χ1) is 13.1. The lowest BCUT2D eigenvalue weighted by Crippen LogP contribution is -2.15. The molecule has 9 heteroatoms. The molecule has 0 unspecified atom stereocenters. The van der Waals surface area contributed by atoms with E-state index in [1.165, 1.54) is 14.2 Å². The fourth-order valence-corrected chi connectivity index (χ4v) is 3.31. The molecule has 3 rings (SSSR count). The summed E-state index contributed by atoms with van der Waals surface area (Å²) < 4.78 is 0. The van der Waals surface area contributed by atoms with Crippen molar-refractivity contribution in [3.8, 4) is 20.9 Å². The zero-order valence-corrected chi connectivity index (χ0v) is 15.6. The Morgan fingerprint density at radius 2 is 1.22 bits per heavy atom. The van der Waals surface area contributed by atoms with Crippen LogP contribution in [0.4, 0.5) is 0 Å². The molecule has 0 amide bonds. The molecule has 3 aromatic heterocycles. The van der Waals surface area contributed by atoms with Crippen LogP contribution < -0.4 is 11.5 Å². The van der Waals surface area contributed by atoms with Gasteiger partial charge in [-0.1, -0.05) is 10.3 Å². The van der Waals surface area contributed by atoms with Crippen molar-refractivity contribution in [3.63, 3.8) is 0 Å². The van der Waals surface area contributed by atoms with Crippen LogP contribution in [-0.4, -0.2) is 35.9 Å². The SMILES string of the molecule is CO/N=C(\N)c1ccc(-c2ccc(-c3ccc(/C(N)=N/OC)nc3)s2)cn1. The third-order valence-corrected chi connectivity index (χ3v) is 4.79. The lowest BCUT2D eigenvalue weighted by molar-refractivity contribution is 0.213. The zero-order chi connectivity index (χ0) is 19.2. The Bertz CT molecular complexity index is 886. The smallest absolute Gasteiger partial charge is 0.188 e. The highest BCUT2D eigenvalue weighted by molar-refractivity contribution is 7.18. The molecule has 0 saturated carbocycles. The molecule has 0 fully saturated rings. The molecule has 0 saturated heterocycles. The summed E-state index contributed by atoms with van der Waals surface area (Å²) in [4.78, 5) is 20.1. The first kappa shape index (κ1) is 18.3. The maximum Gasteiger partial charge on any atom is 0.188 e. The summed E-state index contributed by atoms with van der Waals surface area (Å²) in [5, 5.41) is 7.35. The van der Waals surface area contributed by atoms with Crippen molar-refractivity contribution in [1.29, 1.82) is 0 Å². The van der Waals surface area contributed by atoms with Gasteiger partial charge >= 0.3 is 0 Å². The first-order valence-corrected chi connectivity index (χ1v) is 8.70. The average Bonchev–Trinajstić information content (AvgIpc) is 3.19. The van der Waals surface area contributed by atoms with Gasteiger partial charge < -0.3 is 21.1 Å². The Morgan fingerprint density at radius 3 is 1.56 bits per heavy atom. The highest BCUT2D eigenvalue weighted by Gasteiger charge is 2.08. The summed E-state index contributed by atoms with van der Waals surface area (Å²) in [6.07, 6.45) is 3.51. The van der Waals surface area contributed by atoms with E-state index in [4.69, 9.17) is 11.5 Å². The molecule has 3 heterocycles. The van der Waals surface area contributed by atoms with Gasteiger partial charge in [0.1, 0.15) is 25.6 Å². The van der Waals surface area contributed by atoms with E-state index < -0.39 is 0 Å². The number of oxime groups is 2. The molecule has 0 radical (unpaired) electrons. The number of rotatable bonds is 6. The number of nitrogens with zero attached hydrogens (tertiary/aromatic N) is 4. The Balaban J connectivity index is 1.80. The Hall–Kier alpha value is -3.46. The summed E-state index contributed by atoms with van der Waals surface area (Å²) in [6.45, 7) is 0. The van der Waals surface area contributed by atoms with Crippen molar-refractivity contribution in [2.24, 2.45) is 21.8 Å². The van der Waals surface area contributed by atoms with Crippen molar-refractivity contribution < 1.29 is 9.68 Å². The number of nitrogens with two attached hydrogens (primary N) is 2. The molecule has 0 bridgehead atoms. The topological polar surface area (TPSA) is 121 Å². The van der Waals surface area contributed by atoms with E-state index >= 15 is 0 Å². The average molecular weight is 382 g/mol. The Morgan fingerprint density at radius 1 is 0.778 bits per heavy atom. The molecule has 0 atom stereocenters. The van der Waals surface area contributed by atoms with Crippen LogP contribution >= 0.6 is 11.3 Å². The maximum atomic E-state index is 5.76. The second-order valence-corrected chi connectivity index (χ2v) is 6.43. The van der Waals surface area contributed by atoms with Crippen molar-refractivity contribution in [3.05, 3.63) is 60.2 Å². The van der Waals surface area contributed by atoms with Crippen LogP contribution in [0.15, 0.2) is 59.1 Å². The fraction of sp³-hybridized carbons (Fsp3) is 0.111. The third kappa shape index (κ3) is 4.21. The predicted octanol–water partition coefficient (Wildman–Crippen LogP) is 2.41. The molecule has 0 aromatic carbocycles. The summed E-state index contributed by atoms with van der Waals surface area (Å²) in [6, 6.07) is 11.6. The van der Waals surface area contributed by atoms with Crippen LogP contribution in [0.3, 0.4) is 0 Å². The van der Waals surface area contributed by atoms with Crippen molar-refractivity contribution in [1.82, 2.24) is 9.97 Å². The van der Waals surface area contributed by atoms with Gasteiger partial charge in [-0.2, -0.15) is 0 Å². The normalized spacial score (nSPS) is 12.1. The third-order valence-electron chi connectivity index (χ3n) is 3.61. The summed E-state index contributed by atoms with van der Waals surface area (Å²) in [5.41, 5.74) is 14.6. The van der Waals surface area contributed by atoms with Gasteiger partial charge in [-0.25, -0.2) is 0 Å². The molecule has 138 valence electrons. The van der Waals surface area contributed by atoms with E-state index in [0.29, 0.717) is 11.4 Å². The van der Waals surface area contributed by atoms with Crippen LogP contribution in [0.25, 0.3) is 20.9 Å². The number of hydrogen-bond donors (Lipinski definition) is 2. The van der Waals surface area contributed by atoms with Crippen LogP contribution in [0.5, 0.6) is 0 Å². The fourth-order valence-electron chi connectivity index (χ4n) is 2.32. The van der Waals surface area contributed by atoms with Gasteiger partial charge in [-0.15, -0.1) is 11.3 Å². The number of thiophene rings is 1. The monoisotopic (exact) mass is 382 g/mol. The van der Waals surface area contributed by atoms with Gasteiger partial charge in [0.05, 0.1) is 0 Å². The minimum absolute atomic E-state index is 0.235. The lowest BCUT2D eigenvalue weighted by Gasteiger charge is -2.02. The molecular weight excluding hydrogens is 364 g/mol. The standard InChI is InChI=1S/C18H18N6O2S/c1-25-23-17(19)13-5-3-11(9-21-13)15-7-8-16(27-15)12-4-6-14(22-10-12)18(20)24-26-2/h3-10H,1-2H3,(H2,19,23)(H2,20,24). The highest BCUT2D eigenvalue weighted by atomic mass is 32.1. The number of hydrogen-bond acceptors (Lipinski definition) is 7. The van der Waals surface area contributed by atoms with Gasteiger partial charge in [-0.3, -0.25) is 9.97 Å². The van der Waals surface area contributed by atoms with E-state index in [1.807, 2.05) is 24.3 Å². The second-order valence-electron chi connectivity index (χ2n) is 5.35. The van der Waals surface area contributed by atoms with Gasteiger partial charge in [0, 0.05) is 33.3 Å². The molecule has 0 aliphatic carbocycles. The summed E-state index contributed by atoms with van der Waals surface area (Å²) in [5.74, 6) is 0.469. The molecular formula is C18H18N6O2S. The van der Waals surface area contributed by atoms with E-state index in [-0.39, 0.29) is 11.7 Å². The molecule has 4 N–H and O–H groups in total. The maximum absolute atomic E-state index is 5.76. The van der Waals surface area contributed by atoms with Crippen LogP contribution in [0, 0.1) is 0 Å².